The largest absolute Gasteiger partial charge is 0.474 e. The Kier molecular flexibility index (Phi) is 4.04. The number of nitrogens with two attached hydrogens (primary N) is 1. The zero-order chi connectivity index (χ0) is 12.8. The molecule has 4 heteroatoms. The van der Waals surface area contributed by atoms with Crippen LogP contribution in [0, 0.1) is 0 Å². The second kappa shape index (κ2) is 5.93. The third-order valence-corrected chi connectivity index (χ3v) is 2.23. The van der Waals surface area contributed by atoms with Crippen LogP contribution in [0.5, 0.6) is 5.75 Å². The summed E-state index contributed by atoms with van der Waals surface area (Å²) >= 11 is 0. The van der Waals surface area contributed by atoms with Crippen molar-refractivity contribution in [3.63, 3.8) is 0 Å². The van der Waals surface area contributed by atoms with E-state index >= 15 is 0 Å². The van der Waals surface area contributed by atoms with Gasteiger partial charge in [-0.15, -0.1) is 0 Å². The molecule has 0 aromatic carbocycles. The van der Waals surface area contributed by atoms with Gasteiger partial charge in [-0.3, -0.25) is 15.7 Å². The maximum absolute atomic E-state index is 5.56. The van der Waals surface area contributed by atoms with Crippen molar-refractivity contribution in [1.29, 1.82) is 0 Å². The number of nitrogens with zero attached hydrogens (tertiary/aromatic N) is 2. The minimum atomic E-state index is -0.341. The van der Waals surface area contributed by atoms with E-state index in [-0.39, 0.29) is 6.23 Å². The van der Waals surface area contributed by atoms with Crippen molar-refractivity contribution in [2.75, 3.05) is 0 Å². The highest BCUT2D eigenvalue weighted by molar-refractivity contribution is 5.69. The van der Waals surface area contributed by atoms with Crippen LogP contribution in [0.15, 0.2) is 43.0 Å². The van der Waals surface area contributed by atoms with Gasteiger partial charge in [-0.1, -0.05) is 12.2 Å². The van der Waals surface area contributed by atoms with Gasteiger partial charge in [0.15, 0.2) is 0 Å². The first-order valence-electron chi connectivity index (χ1n) is 5.69. The van der Waals surface area contributed by atoms with Crippen LogP contribution in [-0.4, -0.2) is 16.2 Å². The molecule has 0 spiro atoms. The van der Waals surface area contributed by atoms with Crippen LogP contribution in [0.4, 0.5) is 0 Å². The molecule has 0 aliphatic rings. The summed E-state index contributed by atoms with van der Waals surface area (Å²) in [5.74, 6) is 0.668. The molecule has 4 nitrogen and oxygen atoms in total. The van der Waals surface area contributed by atoms with Crippen molar-refractivity contribution in [2.45, 2.75) is 13.2 Å². The third-order valence-electron chi connectivity index (χ3n) is 2.23. The standard InChI is InChI=1S/C14H15N3O/c1-11(15)18-14-8-13(9-17-10-14)3-2-12-4-6-16-7-5-12/h2-11H,15H2,1H3/b3-2+. The number of hydrogen-bond acceptors (Lipinski definition) is 4. The van der Waals surface area contributed by atoms with Gasteiger partial charge < -0.3 is 4.74 Å². The molecule has 1 atom stereocenters. The van der Waals surface area contributed by atoms with Gasteiger partial charge in [-0.05, 0) is 36.2 Å². The summed E-state index contributed by atoms with van der Waals surface area (Å²) in [7, 11) is 0. The third kappa shape index (κ3) is 3.68. The van der Waals surface area contributed by atoms with E-state index in [9.17, 15) is 0 Å². The molecule has 2 aromatic rings. The molecule has 0 aliphatic heterocycles. The molecule has 2 aromatic heterocycles. The molecule has 2 heterocycles. The average molecular weight is 241 g/mol. The summed E-state index contributed by atoms with van der Waals surface area (Å²) in [6, 6.07) is 5.77. The van der Waals surface area contributed by atoms with Crippen LogP contribution in [-0.2, 0) is 0 Å². The molecule has 0 saturated carbocycles. The first-order chi connectivity index (χ1) is 8.74. The molecule has 0 amide bonds. The highest BCUT2D eigenvalue weighted by Crippen LogP contribution is 2.14. The van der Waals surface area contributed by atoms with Crippen molar-refractivity contribution in [1.82, 2.24) is 9.97 Å². The molecule has 0 saturated heterocycles. The Labute approximate surface area is 106 Å². The Morgan fingerprint density at radius 2 is 1.83 bits per heavy atom. The summed E-state index contributed by atoms with van der Waals surface area (Å²) in [4.78, 5) is 8.07. The lowest BCUT2D eigenvalue weighted by molar-refractivity contribution is 0.229. The molecule has 2 rings (SSSR count). The number of pyridine rings is 2. The van der Waals surface area contributed by atoms with Gasteiger partial charge in [0.05, 0.1) is 6.20 Å². The fourth-order valence-corrected chi connectivity index (χ4v) is 1.47. The second-order valence-electron chi connectivity index (χ2n) is 3.89. The van der Waals surface area contributed by atoms with Crippen molar-refractivity contribution >= 4 is 12.2 Å². The lowest BCUT2D eigenvalue weighted by Crippen LogP contribution is -2.22. The number of hydrogen-bond donors (Lipinski definition) is 1. The normalized spacial score (nSPS) is 12.6. The van der Waals surface area contributed by atoms with Crippen LogP contribution in [0.1, 0.15) is 18.1 Å². The Balaban J connectivity index is 2.12. The summed E-state index contributed by atoms with van der Waals surface area (Å²) in [6.07, 6.45) is 10.6. The van der Waals surface area contributed by atoms with Crippen molar-refractivity contribution in [3.05, 3.63) is 54.1 Å². The van der Waals surface area contributed by atoms with Gasteiger partial charge in [-0.2, -0.15) is 0 Å². The Morgan fingerprint density at radius 3 is 2.56 bits per heavy atom. The predicted octanol–water partition coefficient (Wildman–Crippen LogP) is 2.33. The molecule has 1 unspecified atom stereocenters. The van der Waals surface area contributed by atoms with Crippen LogP contribution < -0.4 is 10.5 Å². The van der Waals surface area contributed by atoms with Crippen molar-refractivity contribution in [3.8, 4) is 5.75 Å². The lowest BCUT2D eigenvalue weighted by atomic mass is 10.2. The fourth-order valence-electron chi connectivity index (χ4n) is 1.47. The van der Waals surface area contributed by atoms with Crippen molar-refractivity contribution < 1.29 is 4.74 Å². The van der Waals surface area contributed by atoms with Crippen LogP contribution in [0.25, 0.3) is 12.2 Å². The quantitative estimate of drug-likeness (QED) is 0.834. The lowest BCUT2D eigenvalue weighted by Gasteiger charge is -2.08. The minimum absolute atomic E-state index is 0.341. The summed E-state index contributed by atoms with van der Waals surface area (Å²) in [5.41, 5.74) is 7.61. The molecule has 0 radical (unpaired) electrons. The molecule has 0 bridgehead atoms. The van der Waals surface area contributed by atoms with Gasteiger partial charge in [-0.25, -0.2) is 0 Å². The van der Waals surface area contributed by atoms with E-state index < -0.39 is 0 Å². The van der Waals surface area contributed by atoms with E-state index in [1.807, 2.05) is 30.4 Å². The maximum Gasteiger partial charge on any atom is 0.144 e. The van der Waals surface area contributed by atoms with Crippen LogP contribution in [0.3, 0.4) is 0 Å². The molecule has 2 N–H and O–H groups in total. The van der Waals surface area contributed by atoms with Gasteiger partial charge in [0, 0.05) is 18.6 Å². The fraction of sp³-hybridized carbons (Fsp3) is 0.143. The summed E-state index contributed by atoms with van der Waals surface area (Å²) in [6.45, 7) is 1.78. The maximum atomic E-state index is 5.56. The Bertz CT molecular complexity index is 524. The molecule has 92 valence electrons. The zero-order valence-electron chi connectivity index (χ0n) is 10.2. The van der Waals surface area contributed by atoms with E-state index in [2.05, 4.69) is 9.97 Å². The second-order valence-corrected chi connectivity index (χ2v) is 3.89. The zero-order valence-corrected chi connectivity index (χ0v) is 10.2. The average Bonchev–Trinajstić information content (AvgIpc) is 2.37. The van der Waals surface area contributed by atoms with Gasteiger partial charge in [0.25, 0.3) is 0 Å². The minimum Gasteiger partial charge on any atom is -0.474 e. The number of rotatable bonds is 4. The van der Waals surface area contributed by atoms with E-state index in [0.29, 0.717) is 5.75 Å². The van der Waals surface area contributed by atoms with E-state index in [4.69, 9.17) is 10.5 Å². The SMILES string of the molecule is CC(N)Oc1cncc(/C=C/c2ccncc2)c1. The first kappa shape index (κ1) is 12.3. The highest BCUT2D eigenvalue weighted by atomic mass is 16.5. The van der Waals surface area contributed by atoms with Crippen LogP contribution in [0.2, 0.25) is 0 Å². The Hall–Kier alpha value is -2.20. The molecule has 18 heavy (non-hydrogen) atoms. The smallest absolute Gasteiger partial charge is 0.144 e. The van der Waals surface area contributed by atoms with Crippen molar-refractivity contribution in [2.24, 2.45) is 5.73 Å². The van der Waals surface area contributed by atoms with Crippen LogP contribution >= 0.6 is 0 Å². The highest BCUT2D eigenvalue weighted by Gasteiger charge is 1.98. The van der Waals surface area contributed by atoms with Gasteiger partial charge in [0.2, 0.25) is 0 Å². The monoisotopic (exact) mass is 241 g/mol. The Morgan fingerprint density at radius 1 is 1.11 bits per heavy atom. The molecule has 0 aliphatic carbocycles. The van der Waals surface area contributed by atoms with E-state index in [0.717, 1.165) is 11.1 Å². The summed E-state index contributed by atoms with van der Waals surface area (Å²) < 4.78 is 5.38. The van der Waals surface area contributed by atoms with Gasteiger partial charge >= 0.3 is 0 Å². The molecule has 0 fully saturated rings. The number of ether oxygens (including phenoxy) is 1. The van der Waals surface area contributed by atoms with E-state index in [1.165, 1.54) is 0 Å². The topological polar surface area (TPSA) is 61.0 Å². The number of aromatic nitrogens is 2. The molecular weight excluding hydrogens is 226 g/mol. The predicted molar refractivity (Wildman–Crippen MR) is 71.7 cm³/mol. The van der Waals surface area contributed by atoms with E-state index in [1.54, 1.807) is 31.7 Å². The molecular formula is C14H15N3O. The van der Waals surface area contributed by atoms with Gasteiger partial charge in [0.1, 0.15) is 12.0 Å². The summed E-state index contributed by atoms with van der Waals surface area (Å²) in [5, 5.41) is 0. The first-order valence-corrected chi connectivity index (χ1v) is 5.69.